The zero-order valence-electron chi connectivity index (χ0n) is 27.9. The molecule has 0 atom stereocenters. The van der Waals surface area contributed by atoms with E-state index < -0.39 is 5.82 Å². The van der Waals surface area contributed by atoms with Crippen molar-refractivity contribution in [2.45, 2.75) is 32.7 Å². The van der Waals surface area contributed by atoms with Crippen LogP contribution in [0.15, 0.2) is 61.3 Å². The molecule has 1 aromatic carbocycles. The number of piperazine rings is 1. The molecular weight excluding hydrogens is 661 g/mol. The number of halogens is 2. The average molecular weight is 698 g/mol. The molecule has 0 unspecified atom stereocenters. The van der Waals surface area contributed by atoms with Gasteiger partial charge in [-0.05, 0) is 47.7 Å². The van der Waals surface area contributed by atoms with Gasteiger partial charge in [0.15, 0.2) is 17.4 Å². The molecule has 6 heterocycles. The first-order valence-corrected chi connectivity index (χ1v) is 17.1. The molecule has 0 saturated carbocycles. The number of fused-ring (bicyclic) bond motifs is 1. The quantitative estimate of drug-likeness (QED) is 0.222. The van der Waals surface area contributed by atoms with Crippen molar-refractivity contribution in [1.82, 2.24) is 39.7 Å². The lowest BCUT2D eigenvalue weighted by atomic mass is 9.91. The summed E-state index contributed by atoms with van der Waals surface area (Å²) in [7, 11) is 1.57. The molecule has 14 heteroatoms. The summed E-state index contributed by atoms with van der Waals surface area (Å²) in [5, 5.41) is 8.83. The van der Waals surface area contributed by atoms with Crippen LogP contribution in [0.5, 0.6) is 5.75 Å². The van der Waals surface area contributed by atoms with Crippen LogP contribution in [0.25, 0.3) is 27.6 Å². The Bertz CT molecular complexity index is 2070. The fourth-order valence-electron chi connectivity index (χ4n) is 6.77. The van der Waals surface area contributed by atoms with Gasteiger partial charge in [0.2, 0.25) is 5.91 Å². The number of carbonyl (C=O) groups excluding carboxylic acids is 2. The van der Waals surface area contributed by atoms with Crippen molar-refractivity contribution in [3.63, 3.8) is 0 Å². The molecule has 2 aliphatic heterocycles. The molecule has 12 nitrogen and oxygen atoms in total. The van der Waals surface area contributed by atoms with E-state index >= 15 is 4.39 Å². The first kappa shape index (κ1) is 33.2. The number of nitrogens with zero attached hydrogens (tertiary/aromatic N) is 8. The molecule has 1 fully saturated rings. The van der Waals surface area contributed by atoms with Crippen LogP contribution in [0.1, 0.15) is 41.4 Å². The predicted octanol–water partition coefficient (Wildman–Crippen LogP) is 5.25. The molecule has 7 rings (SSSR count). The third-order valence-corrected chi connectivity index (χ3v) is 9.63. The SMILES string of the molecule is CCc1ccncc1-c1cc(C2=CCCN(C(=O)CCn3ccnn3)C2)c(F)c2[nH]c(C(=O)N3CCN(c4ncc(Cl)cc4OC)CC3)cc12. The van der Waals surface area contributed by atoms with Gasteiger partial charge in [0.25, 0.3) is 5.91 Å². The number of H-pyrrole nitrogens is 1. The fraction of sp³-hybridized carbons (Fsp3) is 0.333. The standard InChI is InChI=1S/C36H37ClFN9O3/c1-3-23-6-8-39-21-29(23)27-18-26(24-5-4-10-46(22-24)32(48)7-11-47-12-9-41-43-47)33(38)34-28(27)19-30(42-34)36(49)45-15-13-44(14-16-45)35-31(50-2)17-25(37)20-40-35/h5-6,8-9,12,17-21,42H,3-4,7,10-11,13-16,22H2,1-2H3. The molecule has 50 heavy (non-hydrogen) atoms. The fourth-order valence-corrected chi connectivity index (χ4v) is 6.92. The number of rotatable bonds is 9. The summed E-state index contributed by atoms with van der Waals surface area (Å²) in [5.74, 6) is 0.530. The minimum Gasteiger partial charge on any atom is -0.493 e. The van der Waals surface area contributed by atoms with Gasteiger partial charge in [0, 0.05) is 93.1 Å². The van der Waals surface area contributed by atoms with Crippen LogP contribution in [0, 0.1) is 5.82 Å². The number of nitrogens with one attached hydrogen (secondary N) is 1. The van der Waals surface area contributed by atoms with E-state index in [0.717, 1.165) is 28.7 Å². The lowest BCUT2D eigenvalue weighted by Crippen LogP contribution is -2.49. The van der Waals surface area contributed by atoms with Crippen molar-refractivity contribution >= 4 is 45.7 Å². The van der Waals surface area contributed by atoms with Crippen molar-refractivity contribution in [1.29, 1.82) is 0 Å². The second-order valence-corrected chi connectivity index (χ2v) is 12.8. The highest BCUT2D eigenvalue weighted by atomic mass is 35.5. The summed E-state index contributed by atoms with van der Waals surface area (Å²) in [6, 6.07) is 7.27. The van der Waals surface area contributed by atoms with Crippen LogP contribution < -0.4 is 9.64 Å². The van der Waals surface area contributed by atoms with Crippen LogP contribution in [-0.2, 0) is 17.8 Å². The normalized spacial score (nSPS) is 15.0. The Balaban J connectivity index is 1.18. The van der Waals surface area contributed by atoms with E-state index in [1.54, 1.807) is 64.7 Å². The predicted molar refractivity (Wildman–Crippen MR) is 189 cm³/mol. The highest BCUT2D eigenvalue weighted by molar-refractivity contribution is 6.30. The Morgan fingerprint density at radius 1 is 1.02 bits per heavy atom. The number of aromatic nitrogens is 6. The first-order chi connectivity index (χ1) is 24.3. The van der Waals surface area contributed by atoms with E-state index in [9.17, 15) is 9.59 Å². The van der Waals surface area contributed by atoms with Crippen molar-refractivity contribution in [2.75, 3.05) is 51.3 Å². The molecule has 0 radical (unpaired) electrons. The summed E-state index contributed by atoms with van der Waals surface area (Å²) in [6.07, 6.45) is 12.0. The molecule has 1 N–H and O–H groups in total. The molecule has 258 valence electrons. The van der Waals surface area contributed by atoms with Crippen LogP contribution in [0.2, 0.25) is 5.02 Å². The van der Waals surface area contributed by atoms with Gasteiger partial charge < -0.3 is 24.4 Å². The van der Waals surface area contributed by atoms with Crippen LogP contribution in [0.4, 0.5) is 10.2 Å². The minimum atomic E-state index is -0.460. The summed E-state index contributed by atoms with van der Waals surface area (Å²) >= 11 is 6.11. The second kappa shape index (κ2) is 14.3. The number of amides is 2. The summed E-state index contributed by atoms with van der Waals surface area (Å²) in [4.78, 5) is 44.7. The first-order valence-electron chi connectivity index (χ1n) is 16.7. The van der Waals surface area contributed by atoms with Gasteiger partial charge >= 0.3 is 0 Å². The number of benzene rings is 1. The number of pyridine rings is 2. The number of hydrogen-bond acceptors (Lipinski definition) is 8. The van der Waals surface area contributed by atoms with Crippen molar-refractivity contribution in [3.05, 3.63) is 89.0 Å². The van der Waals surface area contributed by atoms with Gasteiger partial charge in [-0.3, -0.25) is 19.3 Å². The van der Waals surface area contributed by atoms with Crippen molar-refractivity contribution in [2.24, 2.45) is 0 Å². The van der Waals surface area contributed by atoms with Gasteiger partial charge in [-0.1, -0.05) is 29.8 Å². The van der Waals surface area contributed by atoms with Crippen LogP contribution >= 0.6 is 11.6 Å². The Morgan fingerprint density at radius 2 is 1.86 bits per heavy atom. The lowest BCUT2D eigenvalue weighted by molar-refractivity contribution is -0.131. The Kier molecular flexibility index (Phi) is 9.48. The van der Waals surface area contributed by atoms with Gasteiger partial charge in [0.05, 0.1) is 30.4 Å². The molecule has 0 spiro atoms. The number of methoxy groups -OCH3 is 1. The average Bonchev–Trinajstić information content (AvgIpc) is 3.85. The maximum absolute atomic E-state index is 16.7. The number of hydrogen-bond donors (Lipinski definition) is 1. The maximum atomic E-state index is 16.7. The Labute approximate surface area is 293 Å². The smallest absolute Gasteiger partial charge is 0.270 e. The molecule has 0 bridgehead atoms. The highest BCUT2D eigenvalue weighted by Crippen LogP contribution is 2.38. The molecule has 1 saturated heterocycles. The zero-order valence-corrected chi connectivity index (χ0v) is 28.7. The topological polar surface area (TPSA) is 125 Å². The molecule has 0 aliphatic carbocycles. The third-order valence-electron chi connectivity index (χ3n) is 9.43. The molecule has 5 aromatic rings. The van der Waals surface area contributed by atoms with Gasteiger partial charge in [-0.25, -0.2) is 9.37 Å². The number of aryl methyl sites for hydroxylation is 2. The van der Waals surface area contributed by atoms with Crippen LogP contribution in [-0.4, -0.2) is 97.9 Å². The van der Waals surface area contributed by atoms with Crippen molar-refractivity contribution in [3.8, 4) is 16.9 Å². The number of ether oxygens (including phenoxy) is 1. The largest absolute Gasteiger partial charge is 0.493 e. The monoisotopic (exact) mass is 697 g/mol. The Hall–Kier alpha value is -5.30. The lowest BCUT2D eigenvalue weighted by Gasteiger charge is -2.35. The molecular formula is C36H37ClFN9O3. The summed E-state index contributed by atoms with van der Waals surface area (Å²) in [6.45, 7) is 5.27. The highest BCUT2D eigenvalue weighted by Gasteiger charge is 2.29. The van der Waals surface area contributed by atoms with E-state index in [2.05, 4.69) is 37.1 Å². The molecule has 2 aliphatic rings. The van der Waals surface area contributed by atoms with Crippen LogP contribution in [0.3, 0.4) is 0 Å². The maximum Gasteiger partial charge on any atom is 0.270 e. The van der Waals surface area contributed by atoms with E-state index in [4.69, 9.17) is 16.3 Å². The van der Waals surface area contributed by atoms with E-state index in [1.165, 1.54) is 0 Å². The summed E-state index contributed by atoms with van der Waals surface area (Å²) < 4.78 is 23.8. The van der Waals surface area contributed by atoms with E-state index in [-0.39, 0.29) is 30.3 Å². The minimum absolute atomic E-state index is 0.0357. The number of aromatic amines is 1. The third kappa shape index (κ3) is 6.52. The van der Waals surface area contributed by atoms with Gasteiger partial charge in [0.1, 0.15) is 5.69 Å². The van der Waals surface area contributed by atoms with Crippen molar-refractivity contribution < 1.29 is 18.7 Å². The molecule has 2 amide bonds. The summed E-state index contributed by atoms with van der Waals surface area (Å²) in [5.41, 5.74) is 4.36. The molecule has 4 aromatic heterocycles. The number of carbonyl (C=O) groups is 2. The van der Waals surface area contributed by atoms with E-state index in [0.29, 0.717) is 78.9 Å². The zero-order chi connectivity index (χ0) is 34.8. The Morgan fingerprint density at radius 3 is 2.62 bits per heavy atom. The van der Waals surface area contributed by atoms with E-state index in [1.807, 2.05) is 18.2 Å². The second-order valence-electron chi connectivity index (χ2n) is 12.4. The van der Waals surface area contributed by atoms with Gasteiger partial charge in [-0.15, -0.1) is 5.10 Å². The van der Waals surface area contributed by atoms with Gasteiger partial charge in [-0.2, -0.15) is 0 Å². The number of anilines is 1.